The van der Waals surface area contributed by atoms with Gasteiger partial charge in [-0.15, -0.1) is 0 Å². The number of hydrogen-bond donors (Lipinski definition) is 1. The summed E-state index contributed by atoms with van der Waals surface area (Å²) in [7, 11) is 0. The number of aromatic nitrogens is 2. The third-order valence-electron chi connectivity index (χ3n) is 3.49. The molecule has 3 heteroatoms. The van der Waals surface area contributed by atoms with Crippen LogP contribution in [0.4, 0.5) is 5.82 Å². The van der Waals surface area contributed by atoms with Gasteiger partial charge in [0.25, 0.3) is 0 Å². The van der Waals surface area contributed by atoms with Crippen molar-refractivity contribution < 1.29 is 0 Å². The fourth-order valence-electron chi connectivity index (χ4n) is 2.34. The van der Waals surface area contributed by atoms with Crippen molar-refractivity contribution in [1.29, 1.82) is 0 Å². The van der Waals surface area contributed by atoms with Gasteiger partial charge in [0.2, 0.25) is 0 Å². The molecule has 2 rings (SSSR count). The van der Waals surface area contributed by atoms with Crippen molar-refractivity contribution in [3.8, 4) is 11.3 Å². The van der Waals surface area contributed by atoms with Crippen LogP contribution >= 0.6 is 0 Å². The lowest BCUT2D eigenvalue weighted by atomic mass is 9.98. The highest BCUT2D eigenvalue weighted by molar-refractivity contribution is 5.68. The van der Waals surface area contributed by atoms with Crippen molar-refractivity contribution in [3.05, 3.63) is 41.7 Å². The molecule has 0 saturated carbocycles. The molecule has 0 aliphatic heterocycles. The zero-order chi connectivity index (χ0) is 14.5. The van der Waals surface area contributed by atoms with Crippen molar-refractivity contribution in [2.75, 3.05) is 11.9 Å². The van der Waals surface area contributed by atoms with Crippen LogP contribution in [0.2, 0.25) is 0 Å². The van der Waals surface area contributed by atoms with Crippen LogP contribution in [0.5, 0.6) is 0 Å². The summed E-state index contributed by atoms with van der Waals surface area (Å²) in [4.78, 5) is 8.84. The van der Waals surface area contributed by atoms with Crippen molar-refractivity contribution in [2.45, 2.75) is 40.0 Å². The number of nitrogens with zero attached hydrogens (tertiary/aromatic N) is 2. The van der Waals surface area contributed by atoms with Crippen LogP contribution in [0, 0.1) is 0 Å². The monoisotopic (exact) mass is 269 g/mol. The zero-order valence-electron chi connectivity index (χ0n) is 12.8. The van der Waals surface area contributed by atoms with Gasteiger partial charge in [0.15, 0.2) is 0 Å². The minimum Gasteiger partial charge on any atom is -0.370 e. The van der Waals surface area contributed by atoms with Crippen molar-refractivity contribution >= 4 is 5.82 Å². The number of hydrogen-bond acceptors (Lipinski definition) is 3. The van der Waals surface area contributed by atoms with E-state index in [-0.39, 0.29) is 0 Å². The number of rotatable bonds is 5. The quantitative estimate of drug-likeness (QED) is 0.881. The second-order valence-electron chi connectivity index (χ2n) is 5.21. The Morgan fingerprint density at radius 3 is 2.30 bits per heavy atom. The highest BCUT2D eigenvalue weighted by Gasteiger charge is 2.11. The molecule has 0 bridgehead atoms. The van der Waals surface area contributed by atoms with Gasteiger partial charge in [0.05, 0.1) is 5.69 Å². The number of benzene rings is 1. The standard InChI is InChI=1S/C17H23N3/c1-5-15-16(19-11-20-17(15)18-6-2)14-9-7-13(8-10-14)12(3)4/h7-12H,5-6H2,1-4H3,(H,18,19,20). The molecule has 0 amide bonds. The molecule has 106 valence electrons. The van der Waals surface area contributed by atoms with E-state index in [0.717, 1.165) is 30.0 Å². The Hall–Kier alpha value is -1.90. The van der Waals surface area contributed by atoms with Crippen LogP contribution in [-0.4, -0.2) is 16.5 Å². The fraction of sp³-hybridized carbons (Fsp3) is 0.412. The van der Waals surface area contributed by atoms with Crippen LogP contribution in [0.3, 0.4) is 0 Å². The maximum absolute atomic E-state index is 4.49. The van der Waals surface area contributed by atoms with E-state index in [9.17, 15) is 0 Å². The van der Waals surface area contributed by atoms with Gasteiger partial charge in [-0.3, -0.25) is 0 Å². The van der Waals surface area contributed by atoms with Gasteiger partial charge < -0.3 is 5.32 Å². The first-order valence-electron chi connectivity index (χ1n) is 7.35. The zero-order valence-corrected chi connectivity index (χ0v) is 12.8. The molecular weight excluding hydrogens is 246 g/mol. The molecule has 20 heavy (non-hydrogen) atoms. The van der Waals surface area contributed by atoms with E-state index >= 15 is 0 Å². The van der Waals surface area contributed by atoms with Crippen LogP contribution in [0.1, 0.15) is 44.7 Å². The molecule has 1 heterocycles. The Kier molecular flexibility index (Phi) is 4.72. The highest BCUT2D eigenvalue weighted by atomic mass is 15.0. The Bertz CT molecular complexity index is 559. The first-order chi connectivity index (χ1) is 9.67. The number of nitrogens with one attached hydrogen (secondary N) is 1. The van der Waals surface area contributed by atoms with Gasteiger partial charge in [-0.05, 0) is 24.8 Å². The van der Waals surface area contributed by atoms with Crippen LogP contribution in [-0.2, 0) is 6.42 Å². The smallest absolute Gasteiger partial charge is 0.133 e. The minimum absolute atomic E-state index is 0.553. The van der Waals surface area contributed by atoms with E-state index in [1.165, 1.54) is 11.1 Å². The fourth-order valence-corrected chi connectivity index (χ4v) is 2.34. The number of anilines is 1. The summed E-state index contributed by atoms with van der Waals surface area (Å²) in [5.74, 6) is 1.50. The maximum Gasteiger partial charge on any atom is 0.133 e. The predicted molar refractivity (Wildman–Crippen MR) is 85.1 cm³/mol. The lowest BCUT2D eigenvalue weighted by Crippen LogP contribution is -2.05. The largest absolute Gasteiger partial charge is 0.370 e. The second-order valence-corrected chi connectivity index (χ2v) is 5.21. The third-order valence-corrected chi connectivity index (χ3v) is 3.49. The molecule has 0 saturated heterocycles. The summed E-state index contributed by atoms with van der Waals surface area (Å²) in [5.41, 5.74) is 4.74. The topological polar surface area (TPSA) is 37.8 Å². The SMILES string of the molecule is CCNc1ncnc(-c2ccc(C(C)C)cc2)c1CC. The molecule has 0 atom stereocenters. The normalized spacial score (nSPS) is 10.8. The lowest BCUT2D eigenvalue weighted by Gasteiger charge is -2.13. The Morgan fingerprint density at radius 1 is 1.05 bits per heavy atom. The molecule has 0 radical (unpaired) electrons. The first kappa shape index (κ1) is 14.5. The van der Waals surface area contributed by atoms with Gasteiger partial charge in [0.1, 0.15) is 12.1 Å². The Morgan fingerprint density at radius 2 is 1.75 bits per heavy atom. The maximum atomic E-state index is 4.49. The predicted octanol–water partition coefficient (Wildman–Crippen LogP) is 4.26. The van der Waals surface area contributed by atoms with E-state index in [4.69, 9.17) is 0 Å². The van der Waals surface area contributed by atoms with Crippen molar-refractivity contribution in [3.63, 3.8) is 0 Å². The molecule has 0 spiro atoms. The molecule has 1 aromatic carbocycles. The molecule has 0 fully saturated rings. The molecule has 0 aliphatic carbocycles. The average Bonchev–Trinajstić information content (AvgIpc) is 2.47. The van der Waals surface area contributed by atoms with Crippen LogP contribution in [0.25, 0.3) is 11.3 Å². The molecule has 0 aliphatic rings. The molecule has 1 N–H and O–H groups in total. The van der Waals surface area contributed by atoms with E-state index in [2.05, 4.69) is 67.2 Å². The third kappa shape index (κ3) is 2.98. The highest BCUT2D eigenvalue weighted by Crippen LogP contribution is 2.27. The van der Waals surface area contributed by atoms with Crippen LogP contribution in [0.15, 0.2) is 30.6 Å². The van der Waals surface area contributed by atoms with E-state index in [0.29, 0.717) is 5.92 Å². The average molecular weight is 269 g/mol. The lowest BCUT2D eigenvalue weighted by molar-refractivity contribution is 0.867. The molecule has 0 unspecified atom stereocenters. The van der Waals surface area contributed by atoms with Crippen molar-refractivity contribution in [2.24, 2.45) is 0 Å². The summed E-state index contributed by atoms with van der Waals surface area (Å²) < 4.78 is 0. The van der Waals surface area contributed by atoms with Gasteiger partial charge in [-0.25, -0.2) is 9.97 Å². The van der Waals surface area contributed by atoms with Gasteiger partial charge in [0, 0.05) is 17.7 Å². The minimum atomic E-state index is 0.553. The summed E-state index contributed by atoms with van der Waals surface area (Å²) >= 11 is 0. The van der Waals surface area contributed by atoms with Gasteiger partial charge in [-0.2, -0.15) is 0 Å². The summed E-state index contributed by atoms with van der Waals surface area (Å²) in [6, 6.07) is 8.70. The summed E-state index contributed by atoms with van der Waals surface area (Å²) in [6.45, 7) is 9.51. The Balaban J connectivity index is 2.43. The molecular formula is C17H23N3. The van der Waals surface area contributed by atoms with Crippen LogP contribution < -0.4 is 5.32 Å². The van der Waals surface area contributed by atoms with E-state index in [1.807, 2.05) is 0 Å². The molecule has 3 nitrogen and oxygen atoms in total. The first-order valence-corrected chi connectivity index (χ1v) is 7.35. The van der Waals surface area contributed by atoms with Crippen molar-refractivity contribution in [1.82, 2.24) is 9.97 Å². The summed E-state index contributed by atoms with van der Waals surface area (Å²) in [6.07, 6.45) is 2.56. The molecule has 2 aromatic rings. The summed E-state index contributed by atoms with van der Waals surface area (Å²) in [5, 5.41) is 3.32. The van der Waals surface area contributed by atoms with Gasteiger partial charge >= 0.3 is 0 Å². The second kappa shape index (κ2) is 6.51. The van der Waals surface area contributed by atoms with E-state index < -0.39 is 0 Å². The Labute approximate surface area is 121 Å². The van der Waals surface area contributed by atoms with E-state index in [1.54, 1.807) is 6.33 Å². The molecule has 1 aromatic heterocycles. The van der Waals surface area contributed by atoms with Gasteiger partial charge in [-0.1, -0.05) is 45.0 Å².